The Bertz CT molecular complexity index is 3950. The molecule has 0 saturated carbocycles. The number of aromatic nitrogens is 8. The van der Waals surface area contributed by atoms with E-state index in [0.717, 1.165) is 82.9 Å². The SMILES string of the molecule is c1ccc([Si](c2ccccc2)(c2ccc3oc4ccccc4c3c2)c2cc(-n3c4ccccc4n4c5ccccc5nc34)nc(-n3c4ccccc4n4c5ccccc5nc34)n2)cc1. The van der Waals surface area contributed by atoms with Crippen molar-refractivity contribution in [2.75, 3.05) is 0 Å². The van der Waals surface area contributed by atoms with Gasteiger partial charge in [-0.2, -0.15) is 4.98 Å². The third-order valence-electron chi connectivity index (χ3n) is 13.0. The number of para-hydroxylation sites is 9. The van der Waals surface area contributed by atoms with Crippen LogP contribution < -0.4 is 20.9 Å². The van der Waals surface area contributed by atoms with Gasteiger partial charge in [0.2, 0.25) is 25.6 Å². The minimum Gasteiger partial charge on any atom is -0.456 e. The quantitative estimate of drug-likeness (QED) is 0.123. The van der Waals surface area contributed by atoms with Crippen molar-refractivity contribution >= 4 is 107 Å². The molecule has 0 atom stereocenters. The van der Waals surface area contributed by atoms with Gasteiger partial charge >= 0.3 is 0 Å². The fraction of sp³-hybridized carbons (Fsp3) is 0. The molecule has 0 fully saturated rings. The van der Waals surface area contributed by atoms with Gasteiger partial charge in [0.25, 0.3) is 0 Å². The lowest BCUT2D eigenvalue weighted by molar-refractivity contribution is 0.669. The molecular weight excluding hydrogens is 805 g/mol. The number of hydrogen-bond acceptors (Lipinski definition) is 5. The first-order valence-corrected chi connectivity index (χ1v) is 23.4. The Morgan fingerprint density at radius 1 is 0.359 bits per heavy atom. The number of nitrogens with zero attached hydrogens (tertiary/aromatic N) is 8. The summed E-state index contributed by atoms with van der Waals surface area (Å²) in [6.45, 7) is 0. The maximum Gasteiger partial charge on any atom is 0.238 e. The summed E-state index contributed by atoms with van der Waals surface area (Å²) in [7, 11) is -3.37. The molecule has 300 valence electrons. The molecule has 0 bridgehead atoms. The van der Waals surface area contributed by atoms with Crippen molar-refractivity contribution in [3.05, 3.63) is 206 Å². The number of imidazole rings is 4. The molecule has 0 amide bonds. The minimum atomic E-state index is -3.37. The molecule has 14 rings (SSSR count). The van der Waals surface area contributed by atoms with Crippen LogP contribution in [0.3, 0.4) is 0 Å². The lowest BCUT2D eigenvalue weighted by Gasteiger charge is -2.33. The molecule has 0 spiro atoms. The molecule has 9 nitrogen and oxygen atoms in total. The third kappa shape index (κ3) is 4.77. The molecular formula is C54H34N8OSi. The topological polar surface area (TPSA) is 83.4 Å². The molecule has 64 heavy (non-hydrogen) atoms. The Hall–Kier alpha value is -8.60. The van der Waals surface area contributed by atoms with Crippen LogP contribution in [0.4, 0.5) is 0 Å². The van der Waals surface area contributed by atoms with Crippen LogP contribution in [0, 0.1) is 0 Å². The van der Waals surface area contributed by atoms with E-state index in [4.69, 9.17) is 24.4 Å². The van der Waals surface area contributed by atoms with E-state index >= 15 is 0 Å². The van der Waals surface area contributed by atoms with Crippen LogP contribution in [0.1, 0.15) is 0 Å². The monoisotopic (exact) mass is 838 g/mol. The van der Waals surface area contributed by atoms with Gasteiger partial charge in [-0.15, -0.1) is 0 Å². The Morgan fingerprint density at radius 2 is 0.859 bits per heavy atom. The van der Waals surface area contributed by atoms with E-state index in [1.807, 2.05) is 24.3 Å². The molecule has 14 aromatic rings. The summed E-state index contributed by atoms with van der Waals surface area (Å²) in [6, 6.07) is 72.6. The van der Waals surface area contributed by atoms with Gasteiger partial charge in [0, 0.05) is 22.2 Å². The van der Waals surface area contributed by atoms with E-state index in [0.29, 0.717) is 11.8 Å². The summed E-state index contributed by atoms with van der Waals surface area (Å²) in [4.78, 5) is 22.2. The third-order valence-corrected chi connectivity index (χ3v) is 17.6. The molecule has 6 heterocycles. The highest BCUT2D eigenvalue weighted by molar-refractivity contribution is 7.19. The average Bonchev–Trinajstić information content (AvgIpc) is 4.16. The maximum absolute atomic E-state index is 6.45. The molecule has 8 aromatic carbocycles. The van der Waals surface area contributed by atoms with Crippen LogP contribution in [0.5, 0.6) is 0 Å². The summed E-state index contributed by atoms with van der Waals surface area (Å²) in [5.74, 6) is 2.72. The van der Waals surface area contributed by atoms with Gasteiger partial charge in [0.15, 0.2) is 0 Å². The van der Waals surface area contributed by atoms with Crippen LogP contribution in [-0.4, -0.2) is 45.9 Å². The molecule has 0 aliphatic rings. The molecule has 0 unspecified atom stereocenters. The zero-order valence-electron chi connectivity index (χ0n) is 34.1. The van der Waals surface area contributed by atoms with E-state index < -0.39 is 8.07 Å². The van der Waals surface area contributed by atoms with Gasteiger partial charge in [-0.25, -0.2) is 19.5 Å². The smallest absolute Gasteiger partial charge is 0.238 e. The summed E-state index contributed by atoms with van der Waals surface area (Å²) in [6.07, 6.45) is 0. The molecule has 0 N–H and O–H groups in total. The van der Waals surface area contributed by atoms with Gasteiger partial charge < -0.3 is 4.42 Å². The zero-order valence-corrected chi connectivity index (χ0v) is 35.1. The van der Waals surface area contributed by atoms with Crippen molar-refractivity contribution in [1.29, 1.82) is 0 Å². The van der Waals surface area contributed by atoms with Crippen molar-refractivity contribution in [3.8, 4) is 11.8 Å². The standard InChI is InChI=1S/C54H34N8OSi/c1-3-17-35(18-4-1)64(36-19-5-2-6-20-36,37-31-32-49-39(33-37)38-21-7-16-30-48(38)63-49)51-34-50(61-46-28-14-12-26-44(46)59-42-24-10-8-22-40(42)55-53(59)61)57-52(58-51)62-47-29-15-13-27-45(47)60-43-25-11-9-23-41(43)56-54(60)62/h1-34H. The van der Waals surface area contributed by atoms with Crippen LogP contribution in [-0.2, 0) is 0 Å². The molecule has 0 aliphatic heterocycles. The van der Waals surface area contributed by atoms with E-state index in [1.165, 1.54) is 15.6 Å². The summed E-state index contributed by atoms with van der Waals surface area (Å²) in [5, 5.41) is 6.60. The second-order valence-electron chi connectivity index (χ2n) is 16.3. The largest absolute Gasteiger partial charge is 0.456 e. The second kappa shape index (κ2) is 13.2. The minimum absolute atomic E-state index is 0.514. The molecule has 10 heteroatoms. The Morgan fingerprint density at radius 3 is 1.50 bits per heavy atom. The normalized spacial score (nSPS) is 12.4. The van der Waals surface area contributed by atoms with Gasteiger partial charge in [-0.3, -0.25) is 13.4 Å². The Labute approximate surface area is 365 Å². The van der Waals surface area contributed by atoms with E-state index in [1.54, 1.807) is 0 Å². The van der Waals surface area contributed by atoms with Gasteiger partial charge in [0.1, 0.15) is 17.0 Å². The van der Waals surface area contributed by atoms with Gasteiger partial charge in [-0.05, 0) is 76.2 Å². The van der Waals surface area contributed by atoms with Crippen molar-refractivity contribution in [2.24, 2.45) is 0 Å². The van der Waals surface area contributed by atoms with Gasteiger partial charge in [0.05, 0.1) is 44.1 Å². The highest BCUT2D eigenvalue weighted by Crippen LogP contribution is 2.32. The summed E-state index contributed by atoms with van der Waals surface area (Å²) >= 11 is 0. The second-order valence-corrected chi connectivity index (χ2v) is 20.1. The fourth-order valence-electron chi connectivity index (χ4n) is 10.2. The van der Waals surface area contributed by atoms with E-state index in [-0.39, 0.29) is 0 Å². The van der Waals surface area contributed by atoms with Crippen molar-refractivity contribution < 1.29 is 4.42 Å². The molecule has 0 radical (unpaired) electrons. The van der Waals surface area contributed by atoms with Crippen molar-refractivity contribution in [3.63, 3.8) is 0 Å². The number of furan rings is 1. The van der Waals surface area contributed by atoms with Crippen LogP contribution in [0.15, 0.2) is 211 Å². The highest BCUT2D eigenvalue weighted by atomic mass is 28.3. The summed E-state index contributed by atoms with van der Waals surface area (Å²) < 4.78 is 15.3. The van der Waals surface area contributed by atoms with Crippen molar-refractivity contribution in [1.82, 2.24) is 37.9 Å². The molecule has 0 aliphatic carbocycles. The van der Waals surface area contributed by atoms with Crippen LogP contribution >= 0.6 is 0 Å². The Kier molecular flexibility index (Phi) is 7.23. The Balaban J connectivity index is 1.18. The summed E-state index contributed by atoms with van der Waals surface area (Å²) in [5.41, 5.74) is 9.54. The predicted molar refractivity (Wildman–Crippen MR) is 259 cm³/mol. The average molecular weight is 839 g/mol. The number of fused-ring (bicyclic) bond motifs is 13. The molecule has 0 saturated heterocycles. The lowest BCUT2D eigenvalue weighted by atomic mass is 10.1. The number of benzene rings is 8. The highest BCUT2D eigenvalue weighted by Gasteiger charge is 2.44. The van der Waals surface area contributed by atoms with E-state index in [9.17, 15) is 0 Å². The first-order chi connectivity index (χ1) is 31.7. The maximum atomic E-state index is 6.45. The van der Waals surface area contributed by atoms with Gasteiger partial charge in [-0.1, -0.05) is 140 Å². The number of rotatable bonds is 6. The van der Waals surface area contributed by atoms with Crippen molar-refractivity contribution in [2.45, 2.75) is 0 Å². The lowest BCUT2D eigenvalue weighted by Crippen LogP contribution is -2.75. The van der Waals surface area contributed by atoms with Crippen LogP contribution in [0.25, 0.3) is 89.4 Å². The first-order valence-electron chi connectivity index (χ1n) is 21.4. The first kappa shape index (κ1) is 35.0. The predicted octanol–water partition coefficient (Wildman–Crippen LogP) is 9.24. The molecule has 6 aromatic heterocycles. The fourth-order valence-corrected chi connectivity index (χ4v) is 14.8. The number of hydrogen-bond donors (Lipinski definition) is 0. The van der Waals surface area contributed by atoms with Crippen LogP contribution in [0.2, 0.25) is 0 Å². The zero-order chi connectivity index (χ0) is 41.9. The van der Waals surface area contributed by atoms with E-state index in [2.05, 4.69) is 200 Å².